The second kappa shape index (κ2) is 8.78. The third-order valence-electron chi connectivity index (χ3n) is 4.31. The summed E-state index contributed by atoms with van der Waals surface area (Å²) in [4.78, 5) is 26.2. The number of benzene rings is 1. The van der Waals surface area contributed by atoms with Crippen LogP contribution in [-0.2, 0) is 16.1 Å². The van der Waals surface area contributed by atoms with E-state index < -0.39 is 0 Å². The molecule has 0 aromatic heterocycles. The maximum atomic E-state index is 12.1. The molecule has 6 heteroatoms. The van der Waals surface area contributed by atoms with Gasteiger partial charge in [-0.2, -0.15) is 0 Å². The van der Waals surface area contributed by atoms with Gasteiger partial charge in [0.2, 0.25) is 5.91 Å². The van der Waals surface area contributed by atoms with Crippen molar-refractivity contribution in [2.45, 2.75) is 25.4 Å². The van der Waals surface area contributed by atoms with E-state index in [1.807, 2.05) is 24.3 Å². The molecular weight excluding hydrogens is 318 g/mol. The summed E-state index contributed by atoms with van der Waals surface area (Å²) in [5.74, 6) is -0.165. The average Bonchev–Trinajstić information content (AvgIpc) is 3.45. The lowest BCUT2D eigenvalue weighted by Gasteiger charge is -2.25. The lowest BCUT2D eigenvalue weighted by Crippen LogP contribution is -2.36. The van der Waals surface area contributed by atoms with Gasteiger partial charge in [0.25, 0.3) is 5.91 Å². The summed E-state index contributed by atoms with van der Waals surface area (Å²) in [6.07, 6.45) is 5.58. The normalized spacial score (nSPS) is 18.2. The predicted molar refractivity (Wildman–Crippen MR) is 95.2 cm³/mol. The van der Waals surface area contributed by atoms with E-state index in [1.54, 1.807) is 12.1 Å². The molecule has 1 saturated carbocycles. The molecule has 25 heavy (non-hydrogen) atoms. The van der Waals surface area contributed by atoms with Crippen molar-refractivity contribution in [1.82, 2.24) is 15.5 Å². The van der Waals surface area contributed by atoms with Gasteiger partial charge in [0, 0.05) is 43.9 Å². The van der Waals surface area contributed by atoms with Crippen LogP contribution in [0.3, 0.4) is 0 Å². The molecule has 1 aromatic rings. The lowest BCUT2D eigenvalue weighted by molar-refractivity contribution is -0.116. The van der Waals surface area contributed by atoms with E-state index in [2.05, 4.69) is 15.5 Å². The first-order valence-electron chi connectivity index (χ1n) is 8.85. The summed E-state index contributed by atoms with van der Waals surface area (Å²) in [6, 6.07) is 7.72. The molecule has 1 saturated heterocycles. The molecule has 6 nitrogen and oxygen atoms in total. The Bertz CT molecular complexity index is 635. The molecule has 0 bridgehead atoms. The number of hydrogen-bond acceptors (Lipinski definition) is 4. The number of amides is 2. The van der Waals surface area contributed by atoms with Crippen LogP contribution in [0.25, 0.3) is 0 Å². The van der Waals surface area contributed by atoms with Gasteiger partial charge < -0.3 is 15.4 Å². The smallest absolute Gasteiger partial charge is 0.251 e. The zero-order valence-corrected chi connectivity index (χ0v) is 14.4. The highest BCUT2D eigenvalue weighted by molar-refractivity contribution is 5.94. The number of carbonyl (C=O) groups is 2. The molecule has 3 rings (SSSR count). The molecule has 1 aromatic carbocycles. The number of nitrogens with zero attached hydrogens (tertiary/aromatic N) is 1. The minimum atomic E-state index is -0.124. The molecule has 0 spiro atoms. The molecule has 134 valence electrons. The van der Waals surface area contributed by atoms with Crippen molar-refractivity contribution in [3.8, 4) is 0 Å². The SMILES string of the molecule is O=C(C=CCN1CCOCC1)NCc1cccc(C(=O)NC2CC2)c1. The zero-order valence-electron chi connectivity index (χ0n) is 14.4. The van der Waals surface area contributed by atoms with Crippen LogP contribution in [-0.4, -0.2) is 55.6 Å². The summed E-state index contributed by atoms with van der Waals surface area (Å²) in [7, 11) is 0. The first-order chi connectivity index (χ1) is 12.2. The molecule has 0 atom stereocenters. The Morgan fingerprint density at radius 2 is 2.04 bits per heavy atom. The Kier molecular flexibility index (Phi) is 6.19. The molecule has 0 unspecified atom stereocenters. The zero-order chi connectivity index (χ0) is 17.5. The quantitative estimate of drug-likeness (QED) is 0.727. The molecule has 2 fully saturated rings. The van der Waals surface area contributed by atoms with Crippen LogP contribution in [0.5, 0.6) is 0 Å². The van der Waals surface area contributed by atoms with Gasteiger partial charge in [-0.05, 0) is 30.5 Å². The lowest BCUT2D eigenvalue weighted by atomic mass is 10.1. The van der Waals surface area contributed by atoms with Crippen molar-refractivity contribution in [1.29, 1.82) is 0 Å². The Morgan fingerprint density at radius 1 is 1.24 bits per heavy atom. The Hall–Kier alpha value is -2.18. The molecule has 0 radical (unpaired) electrons. The Morgan fingerprint density at radius 3 is 2.80 bits per heavy atom. The molecule has 2 aliphatic rings. The highest BCUT2D eigenvalue weighted by Gasteiger charge is 2.23. The minimum absolute atomic E-state index is 0.0407. The molecule has 2 amide bonds. The van der Waals surface area contributed by atoms with Crippen LogP contribution in [0.1, 0.15) is 28.8 Å². The highest BCUT2D eigenvalue weighted by atomic mass is 16.5. The van der Waals surface area contributed by atoms with Crippen LogP contribution < -0.4 is 10.6 Å². The minimum Gasteiger partial charge on any atom is -0.379 e. The Balaban J connectivity index is 1.42. The fraction of sp³-hybridized carbons (Fsp3) is 0.474. The summed E-state index contributed by atoms with van der Waals surface area (Å²) >= 11 is 0. The van der Waals surface area contributed by atoms with Crippen molar-refractivity contribution in [3.05, 3.63) is 47.5 Å². The maximum absolute atomic E-state index is 12.1. The van der Waals surface area contributed by atoms with Gasteiger partial charge in [-0.15, -0.1) is 0 Å². The third-order valence-corrected chi connectivity index (χ3v) is 4.31. The number of ether oxygens (including phenoxy) is 1. The summed E-state index contributed by atoms with van der Waals surface area (Å²) < 4.78 is 5.29. The van der Waals surface area contributed by atoms with Gasteiger partial charge in [-0.3, -0.25) is 14.5 Å². The molecule has 1 aliphatic carbocycles. The fourth-order valence-electron chi connectivity index (χ4n) is 2.66. The summed E-state index contributed by atoms with van der Waals surface area (Å²) in [6.45, 7) is 4.48. The largest absolute Gasteiger partial charge is 0.379 e. The summed E-state index contributed by atoms with van der Waals surface area (Å²) in [5.41, 5.74) is 1.56. The first kappa shape index (κ1) is 17.6. The van der Waals surface area contributed by atoms with Crippen molar-refractivity contribution in [3.63, 3.8) is 0 Å². The van der Waals surface area contributed by atoms with Crippen LogP contribution in [0.4, 0.5) is 0 Å². The fourth-order valence-corrected chi connectivity index (χ4v) is 2.66. The average molecular weight is 343 g/mol. The topological polar surface area (TPSA) is 70.7 Å². The van der Waals surface area contributed by atoms with Crippen molar-refractivity contribution in [2.24, 2.45) is 0 Å². The second-order valence-corrected chi connectivity index (χ2v) is 6.48. The van der Waals surface area contributed by atoms with Gasteiger partial charge in [0.1, 0.15) is 0 Å². The second-order valence-electron chi connectivity index (χ2n) is 6.48. The van der Waals surface area contributed by atoms with Crippen molar-refractivity contribution >= 4 is 11.8 Å². The van der Waals surface area contributed by atoms with Crippen molar-refractivity contribution in [2.75, 3.05) is 32.8 Å². The van der Waals surface area contributed by atoms with E-state index in [0.717, 1.165) is 51.3 Å². The van der Waals surface area contributed by atoms with Gasteiger partial charge in [-0.1, -0.05) is 18.2 Å². The molecular formula is C19H25N3O3. The van der Waals surface area contributed by atoms with Gasteiger partial charge >= 0.3 is 0 Å². The number of rotatable bonds is 7. The van der Waals surface area contributed by atoms with Crippen molar-refractivity contribution < 1.29 is 14.3 Å². The van der Waals surface area contributed by atoms with Crippen LogP contribution >= 0.6 is 0 Å². The standard InChI is InChI=1S/C19H25N3O3/c23-18(5-2-8-22-9-11-25-12-10-22)20-14-15-3-1-4-16(13-15)19(24)21-17-6-7-17/h1-5,13,17H,6-12,14H2,(H,20,23)(H,21,24). The number of hydrogen-bond donors (Lipinski definition) is 2. The van der Waals surface area contributed by atoms with Gasteiger partial charge in [0.15, 0.2) is 0 Å². The van der Waals surface area contributed by atoms with E-state index in [1.165, 1.54) is 0 Å². The van der Waals surface area contributed by atoms with E-state index >= 15 is 0 Å². The number of carbonyl (C=O) groups excluding carboxylic acids is 2. The molecule has 2 N–H and O–H groups in total. The molecule has 1 heterocycles. The third kappa shape index (κ3) is 5.99. The van der Waals surface area contributed by atoms with E-state index in [9.17, 15) is 9.59 Å². The maximum Gasteiger partial charge on any atom is 0.251 e. The first-order valence-corrected chi connectivity index (χ1v) is 8.85. The van der Waals surface area contributed by atoms with Crippen LogP contribution in [0, 0.1) is 0 Å². The van der Waals surface area contributed by atoms with E-state index in [4.69, 9.17) is 4.74 Å². The highest BCUT2D eigenvalue weighted by Crippen LogP contribution is 2.19. The predicted octanol–water partition coefficient (Wildman–Crippen LogP) is 1.08. The van der Waals surface area contributed by atoms with E-state index in [0.29, 0.717) is 18.2 Å². The van der Waals surface area contributed by atoms with E-state index in [-0.39, 0.29) is 11.8 Å². The van der Waals surface area contributed by atoms with Crippen LogP contribution in [0.2, 0.25) is 0 Å². The van der Waals surface area contributed by atoms with Crippen LogP contribution in [0.15, 0.2) is 36.4 Å². The Labute approximate surface area is 148 Å². The van der Waals surface area contributed by atoms with Gasteiger partial charge in [-0.25, -0.2) is 0 Å². The number of morpholine rings is 1. The monoisotopic (exact) mass is 343 g/mol. The summed E-state index contributed by atoms with van der Waals surface area (Å²) in [5, 5.41) is 5.83. The van der Waals surface area contributed by atoms with Gasteiger partial charge in [0.05, 0.1) is 13.2 Å². The molecule has 1 aliphatic heterocycles. The number of nitrogens with one attached hydrogen (secondary N) is 2.